The summed E-state index contributed by atoms with van der Waals surface area (Å²) in [7, 11) is 0. The van der Waals surface area contributed by atoms with Crippen molar-refractivity contribution in [2.75, 3.05) is 26.2 Å². The first-order chi connectivity index (χ1) is 16.0. The first-order valence-corrected chi connectivity index (χ1v) is 11.5. The summed E-state index contributed by atoms with van der Waals surface area (Å²) in [4.78, 5) is 52.2. The summed E-state index contributed by atoms with van der Waals surface area (Å²) in [6.07, 6.45) is 0.0792. The third-order valence-corrected chi connectivity index (χ3v) is 6.05. The summed E-state index contributed by atoms with van der Waals surface area (Å²) < 4.78 is 10.6. The van der Waals surface area contributed by atoms with Crippen molar-refractivity contribution in [3.63, 3.8) is 0 Å². The largest absolute Gasteiger partial charge is 0.445 e. The van der Waals surface area contributed by atoms with E-state index in [0.717, 1.165) is 18.4 Å². The molecular formula is C24H34N4O6. The van der Waals surface area contributed by atoms with Gasteiger partial charge in [0.1, 0.15) is 18.2 Å². The monoisotopic (exact) mass is 474 g/mol. The zero-order valence-electron chi connectivity index (χ0n) is 20.0. The Morgan fingerprint density at radius 2 is 1.68 bits per heavy atom. The minimum absolute atomic E-state index is 0.0743. The second-order valence-corrected chi connectivity index (χ2v) is 10.1. The lowest BCUT2D eigenvalue weighted by Crippen LogP contribution is -2.65. The molecule has 3 rings (SSSR count). The van der Waals surface area contributed by atoms with E-state index < -0.39 is 23.6 Å². The highest BCUT2D eigenvalue weighted by atomic mass is 16.6. The maximum absolute atomic E-state index is 12.9. The van der Waals surface area contributed by atoms with Crippen LogP contribution in [0.25, 0.3) is 0 Å². The maximum Gasteiger partial charge on any atom is 0.410 e. The number of carbonyl (C=O) groups is 4. The van der Waals surface area contributed by atoms with E-state index >= 15 is 0 Å². The third-order valence-electron chi connectivity index (χ3n) is 6.05. The van der Waals surface area contributed by atoms with Crippen molar-refractivity contribution in [2.24, 2.45) is 11.1 Å². The van der Waals surface area contributed by atoms with Gasteiger partial charge in [-0.25, -0.2) is 9.59 Å². The molecule has 10 nitrogen and oxygen atoms in total. The van der Waals surface area contributed by atoms with E-state index in [1.165, 1.54) is 0 Å². The van der Waals surface area contributed by atoms with Gasteiger partial charge in [0.05, 0.1) is 6.42 Å². The number of benzene rings is 1. The van der Waals surface area contributed by atoms with Crippen LogP contribution in [0.4, 0.5) is 9.59 Å². The summed E-state index contributed by atoms with van der Waals surface area (Å²) in [5, 5.41) is 2.47. The molecule has 2 fully saturated rings. The predicted molar refractivity (Wildman–Crippen MR) is 123 cm³/mol. The highest BCUT2D eigenvalue weighted by Gasteiger charge is 2.48. The molecule has 2 saturated heterocycles. The highest BCUT2D eigenvalue weighted by Crippen LogP contribution is 2.41. The number of hydrogen-bond donors (Lipinski definition) is 2. The van der Waals surface area contributed by atoms with E-state index in [-0.39, 0.29) is 30.4 Å². The zero-order valence-corrected chi connectivity index (χ0v) is 20.0. The van der Waals surface area contributed by atoms with Crippen LogP contribution in [0.3, 0.4) is 0 Å². The van der Waals surface area contributed by atoms with Crippen molar-refractivity contribution in [2.45, 2.75) is 58.3 Å². The van der Waals surface area contributed by atoms with Crippen molar-refractivity contribution >= 4 is 24.0 Å². The van der Waals surface area contributed by atoms with Crippen molar-refractivity contribution in [1.29, 1.82) is 0 Å². The Bertz CT molecular complexity index is 898. The molecule has 1 atom stereocenters. The Kier molecular flexibility index (Phi) is 7.68. The molecule has 0 saturated carbocycles. The van der Waals surface area contributed by atoms with Crippen LogP contribution < -0.4 is 11.1 Å². The average Bonchev–Trinajstić information content (AvgIpc) is 2.74. The molecule has 4 amide bonds. The van der Waals surface area contributed by atoms with Crippen LogP contribution in [0, 0.1) is 5.41 Å². The van der Waals surface area contributed by atoms with Gasteiger partial charge in [0.2, 0.25) is 11.8 Å². The first kappa shape index (κ1) is 25.3. The van der Waals surface area contributed by atoms with Crippen LogP contribution in [0.1, 0.15) is 45.6 Å². The lowest BCUT2D eigenvalue weighted by atomic mass is 9.71. The number of nitrogens with one attached hydrogen (secondary N) is 1. The minimum Gasteiger partial charge on any atom is -0.445 e. The van der Waals surface area contributed by atoms with Gasteiger partial charge in [-0.1, -0.05) is 30.3 Å². The molecule has 0 unspecified atom stereocenters. The molecular weight excluding hydrogens is 440 g/mol. The topological polar surface area (TPSA) is 131 Å². The van der Waals surface area contributed by atoms with Gasteiger partial charge in [-0.3, -0.25) is 9.59 Å². The number of hydrogen-bond acceptors (Lipinski definition) is 6. The smallest absolute Gasteiger partial charge is 0.410 e. The second-order valence-electron chi connectivity index (χ2n) is 10.1. The van der Waals surface area contributed by atoms with Crippen LogP contribution in [-0.4, -0.2) is 71.6 Å². The number of alkyl carbamates (subject to hydrolysis) is 1. The number of ether oxygens (including phenoxy) is 2. The number of rotatable bonds is 6. The number of carbonyl (C=O) groups excluding carboxylic acids is 4. The molecule has 2 heterocycles. The molecule has 34 heavy (non-hydrogen) atoms. The number of primary amides is 1. The van der Waals surface area contributed by atoms with Gasteiger partial charge in [0.15, 0.2) is 0 Å². The Balaban J connectivity index is 1.47. The van der Waals surface area contributed by atoms with Gasteiger partial charge in [-0.2, -0.15) is 0 Å². The summed E-state index contributed by atoms with van der Waals surface area (Å²) in [6, 6.07) is 8.44. The quantitative estimate of drug-likeness (QED) is 0.648. The molecule has 0 aromatic heterocycles. The van der Waals surface area contributed by atoms with Gasteiger partial charge in [0, 0.05) is 31.6 Å². The summed E-state index contributed by atoms with van der Waals surface area (Å²) >= 11 is 0. The van der Waals surface area contributed by atoms with E-state index in [2.05, 4.69) is 5.32 Å². The van der Waals surface area contributed by atoms with E-state index in [1.54, 1.807) is 30.6 Å². The number of nitrogens with zero attached hydrogens (tertiary/aromatic N) is 2. The van der Waals surface area contributed by atoms with Crippen molar-refractivity contribution < 1.29 is 28.7 Å². The van der Waals surface area contributed by atoms with E-state index in [9.17, 15) is 19.2 Å². The molecule has 2 aliphatic rings. The molecule has 2 aliphatic heterocycles. The molecule has 10 heteroatoms. The highest BCUT2D eigenvalue weighted by molar-refractivity contribution is 5.91. The van der Waals surface area contributed by atoms with Crippen LogP contribution in [0.2, 0.25) is 0 Å². The Hall–Kier alpha value is -3.30. The molecule has 1 aromatic carbocycles. The van der Waals surface area contributed by atoms with Crippen LogP contribution >= 0.6 is 0 Å². The van der Waals surface area contributed by atoms with E-state index in [0.29, 0.717) is 26.2 Å². The van der Waals surface area contributed by atoms with Crippen molar-refractivity contribution in [3.05, 3.63) is 35.9 Å². The Morgan fingerprint density at radius 3 is 2.24 bits per heavy atom. The number of likely N-dealkylation sites (tertiary alicyclic amines) is 2. The summed E-state index contributed by atoms with van der Waals surface area (Å²) in [5.41, 5.74) is 5.41. The fraction of sp³-hybridized carbons (Fsp3) is 0.583. The van der Waals surface area contributed by atoms with Crippen LogP contribution in [-0.2, 0) is 25.7 Å². The molecule has 0 bridgehead atoms. The first-order valence-electron chi connectivity index (χ1n) is 11.5. The van der Waals surface area contributed by atoms with Crippen LogP contribution in [0.15, 0.2) is 30.3 Å². The van der Waals surface area contributed by atoms with Gasteiger partial charge < -0.3 is 30.3 Å². The van der Waals surface area contributed by atoms with E-state index in [4.69, 9.17) is 15.2 Å². The Morgan fingerprint density at radius 1 is 1.06 bits per heavy atom. The third kappa shape index (κ3) is 6.85. The van der Waals surface area contributed by atoms with E-state index in [1.807, 2.05) is 30.3 Å². The normalized spacial score (nSPS) is 18.0. The summed E-state index contributed by atoms with van der Waals surface area (Å²) in [5.74, 6) is -1.05. The summed E-state index contributed by atoms with van der Waals surface area (Å²) in [6.45, 7) is 7.47. The molecule has 186 valence electrons. The fourth-order valence-electron chi connectivity index (χ4n) is 4.28. The zero-order chi connectivity index (χ0) is 24.9. The van der Waals surface area contributed by atoms with Gasteiger partial charge in [-0.15, -0.1) is 0 Å². The van der Waals surface area contributed by atoms with Crippen molar-refractivity contribution in [3.8, 4) is 0 Å². The Labute approximate surface area is 199 Å². The number of amides is 4. The predicted octanol–water partition coefficient (Wildman–Crippen LogP) is 2.02. The van der Waals surface area contributed by atoms with Crippen LogP contribution in [0.5, 0.6) is 0 Å². The second kappa shape index (κ2) is 10.3. The lowest BCUT2D eigenvalue weighted by molar-refractivity contribution is -0.150. The molecule has 0 radical (unpaired) electrons. The molecule has 3 N–H and O–H groups in total. The lowest BCUT2D eigenvalue weighted by Gasteiger charge is -2.54. The van der Waals surface area contributed by atoms with Gasteiger partial charge >= 0.3 is 12.2 Å². The maximum atomic E-state index is 12.9. The molecule has 1 spiro atoms. The number of nitrogens with two attached hydrogens (primary N) is 1. The standard InChI is InChI=1S/C24H34N4O6/c1-23(2,3)34-21(31)26-18(13-19(25)29)20(30)28-15-24(16-28)9-11-27(12-10-24)22(32)33-14-17-7-5-4-6-8-17/h4-8,18H,9-16H2,1-3H3,(H2,25,29)(H,26,31)/t18-/m1/s1. The fourth-order valence-corrected chi connectivity index (χ4v) is 4.28. The molecule has 0 aliphatic carbocycles. The van der Waals surface area contributed by atoms with Gasteiger partial charge in [-0.05, 0) is 39.2 Å². The van der Waals surface area contributed by atoms with Gasteiger partial charge in [0.25, 0.3) is 0 Å². The SMILES string of the molecule is CC(C)(C)OC(=O)N[C@H](CC(N)=O)C(=O)N1CC2(CCN(C(=O)OCc3ccccc3)CC2)C1. The minimum atomic E-state index is -1.07. The average molecular weight is 475 g/mol. The van der Waals surface area contributed by atoms with Crippen molar-refractivity contribution in [1.82, 2.24) is 15.1 Å². The number of piperidine rings is 1. The molecule has 1 aromatic rings.